The molecular weight excluding hydrogens is 1420 g/mol. The first-order chi connectivity index (χ1) is 47.1. The third-order valence-electron chi connectivity index (χ3n) is 21.7. The number of halogens is 3. The van der Waals surface area contributed by atoms with Crippen LogP contribution in [-0.2, 0) is 57.5 Å². The predicted molar refractivity (Wildman–Crippen MR) is 392 cm³/mol. The maximum absolute atomic E-state index is 15.4. The van der Waals surface area contributed by atoms with Gasteiger partial charge in [-0.15, -0.1) is 11.6 Å². The first-order valence-corrected chi connectivity index (χ1v) is 39.0. The van der Waals surface area contributed by atoms with Crippen molar-refractivity contribution in [2.45, 2.75) is 273 Å². The highest BCUT2D eigenvalue weighted by atomic mass is 127. The zero-order chi connectivity index (χ0) is 74.4. The molecule has 0 bridgehead atoms. The normalized spacial score (nSPS) is 30.7. The van der Waals surface area contributed by atoms with Gasteiger partial charge >= 0.3 is 0 Å². The molecule has 5 aliphatic rings. The van der Waals surface area contributed by atoms with Crippen molar-refractivity contribution < 1.29 is 61.9 Å². The van der Waals surface area contributed by atoms with Gasteiger partial charge in [0.2, 0.25) is 70.9 Å². The Hall–Kier alpha value is -5.41. The van der Waals surface area contributed by atoms with E-state index < -0.39 is 157 Å². The lowest BCUT2D eigenvalue weighted by molar-refractivity contribution is -0.151. The molecule has 5 rings (SSSR count). The second-order valence-electron chi connectivity index (χ2n) is 30.8. The molecule has 2 aliphatic heterocycles. The summed E-state index contributed by atoms with van der Waals surface area (Å²) in [4.78, 5) is 189. The second kappa shape index (κ2) is 41.2. The number of amides is 12. The quantitative estimate of drug-likeness (QED) is 0.0913. The zero-order valence-electron chi connectivity index (χ0n) is 62.6. The van der Waals surface area contributed by atoms with Crippen LogP contribution < -0.4 is 21.3 Å². The Balaban J connectivity index is 1.64. The average Bonchev–Trinajstić information content (AvgIpc) is 0.821. The molecule has 568 valence electrons. The molecule has 0 aromatic rings. The predicted octanol–water partition coefficient (Wildman–Crippen LogP) is 6.84. The molecular formula is C73H123ClFIN12O12. The van der Waals surface area contributed by atoms with Crippen molar-refractivity contribution >= 4 is 105 Å². The summed E-state index contributed by atoms with van der Waals surface area (Å²) in [5, 5.41) is 11.8. The molecule has 3 saturated carbocycles. The van der Waals surface area contributed by atoms with Crippen LogP contribution in [0.15, 0.2) is 0 Å². The Morgan fingerprint density at radius 1 is 0.520 bits per heavy atom. The van der Waals surface area contributed by atoms with Crippen LogP contribution in [0.4, 0.5) is 4.39 Å². The van der Waals surface area contributed by atoms with E-state index >= 15 is 24.0 Å². The molecule has 4 N–H and O–H groups in total. The molecule has 2 saturated heterocycles. The summed E-state index contributed by atoms with van der Waals surface area (Å²) in [6, 6.07) is -9.77. The number of nitrogens with zero attached hydrogens (tertiary/aromatic N) is 8. The third-order valence-corrected chi connectivity index (χ3v) is 23.3. The minimum atomic E-state index is -1.41. The summed E-state index contributed by atoms with van der Waals surface area (Å²) < 4.78 is 15.1. The molecule has 11 atom stereocenters. The number of rotatable bonds is 16. The van der Waals surface area contributed by atoms with Gasteiger partial charge in [-0.2, -0.15) is 0 Å². The summed E-state index contributed by atoms with van der Waals surface area (Å²) in [5.74, 6) is -8.51. The van der Waals surface area contributed by atoms with E-state index in [1.807, 2.05) is 41.5 Å². The first-order valence-electron chi connectivity index (χ1n) is 37.4. The van der Waals surface area contributed by atoms with E-state index in [4.69, 9.17) is 11.6 Å². The highest BCUT2D eigenvalue weighted by molar-refractivity contribution is 14.1. The zero-order valence-corrected chi connectivity index (χ0v) is 65.6. The second-order valence-corrected chi connectivity index (χ2v) is 33.2. The van der Waals surface area contributed by atoms with Crippen molar-refractivity contribution in [3.8, 4) is 0 Å². The lowest BCUT2D eigenvalue weighted by Gasteiger charge is -2.38. The van der Waals surface area contributed by atoms with Crippen LogP contribution in [-0.4, -0.2) is 256 Å². The number of unbranched alkanes of at least 4 members (excludes halogenated alkanes) is 1. The monoisotopic (exact) mass is 1540 g/mol. The van der Waals surface area contributed by atoms with E-state index in [2.05, 4.69) is 43.9 Å². The van der Waals surface area contributed by atoms with E-state index in [1.165, 1.54) is 78.7 Å². The number of likely N-dealkylation sites (tertiary alicyclic amines) is 1. The Morgan fingerprint density at radius 2 is 1.07 bits per heavy atom. The highest BCUT2D eigenvalue weighted by Crippen LogP contribution is 2.35. The Bertz CT molecular complexity index is 2770. The summed E-state index contributed by atoms with van der Waals surface area (Å²) in [7, 11) is 10.1. The lowest BCUT2D eigenvalue weighted by Crippen LogP contribution is -2.61. The Labute approximate surface area is 614 Å². The maximum atomic E-state index is 15.4. The third kappa shape index (κ3) is 25.5. The van der Waals surface area contributed by atoms with Gasteiger partial charge in [-0.05, 0) is 158 Å². The van der Waals surface area contributed by atoms with Gasteiger partial charge in [0.25, 0.3) is 0 Å². The molecule has 27 heteroatoms. The fourth-order valence-corrected chi connectivity index (χ4v) is 16.3. The summed E-state index contributed by atoms with van der Waals surface area (Å²) in [5.41, 5.74) is 0. The van der Waals surface area contributed by atoms with E-state index in [0.29, 0.717) is 87.6 Å². The van der Waals surface area contributed by atoms with Gasteiger partial charge < -0.3 is 60.5 Å². The molecule has 100 heavy (non-hydrogen) atoms. The van der Waals surface area contributed by atoms with Crippen molar-refractivity contribution in [2.24, 2.45) is 35.5 Å². The molecule has 3 aliphatic carbocycles. The van der Waals surface area contributed by atoms with Crippen LogP contribution >= 0.6 is 34.2 Å². The van der Waals surface area contributed by atoms with Crippen molar-refractivity contribution in [1.29, 1.82) is 0 Å². The largest absolute Gasteiger partial charge is 0.343 e. The standard InChI is InChI=1S/C73H123ClFIN12O12/c1-15-17-24-54-69(96)86(13)58(39-49-27-31-52(75)32-28-49)67(94)79-56(35-45(3)4)70(97)87(14)60(72(99)88-33-19-18-20-34-88)41-62(90)84(11)57(36-46(5)6)68(95)80-65(47(7)16-2)73(100)83(10)43-63(91)81(8)44-64(92)85(12)59(40-48-25-29-51(74)30-26-48)71(98)82(9)42-61(89)77-55(66(93)78-54)38-50-22-21-23-53(76)37-50/h45-60,65H,15-44H2,1-14H3,(H,77,89)(H,78,93)(H,79,94)(H,80,95)/t47-,48?,49?,50?,51?,52?,53?,54-,55-,56-,57-,58-,59-,60-,65-/m0/s1. The summed E-state index contributed by atoms with van der Waals surface area (Å²) in [6.07, 6.45) is 10.8. The SMILES string of the molecule is CCCC[C@@H]1NC(=O)[C@H](CC2CCCC(I)C2)NC(=O)CN(C)C(=O)[C@H](CC2CCC(Cl)CC2)N(C)C(=O)CN(C)C(=O)CN(C)C(=O)[C@H]([C@@H](C)CC)NC(=O)[C@H](CC(C)C)N(C)C(=O)C[C@@H](C(=O)N2CCCCC2)N(C)C(=O)[C@H](CC(C)C)NC(=O)[C@H](CC2CCC(F)CC2)N(C)C1=O. The molecule has 0 spiro atoms. The smallest absolute Gasteiger partial charge is 0.245 e. The molecule has 0 aromatic carbocycles. The van der Waals surface area contributed by atoms with Crippen molar-refractivity contribution in [3.05, 3.63) is 0 Å². The van der Waals surface area contributed by atoms with Crippen LogP contribution in [0.3, 0.4) is 0 Å². The van der Waals surface area contributed by atoms with E-state index in [0.717, 1.165) is 37.0 Å². The number of hydrogen-bond acceptors (Lipinski definition) is 12. The van der Waals surface area contributed by atoms with Crippen LogP contribution in [0.1, 0.15) is 209 Å². The fraction of sp³-hybridized carbons (Fsp3) is 0.836. The van der Waals surface area contributed by atoms with Crippen LogP contribution in [0, 0.1) is 35.5 Å². The number of hydrogen-bond donors (Lipinski definition) is 4. The van der Waals surface area contributed by atoms with Gasteiger partial charge in [0.1, 0.15) is 54.5 Å². The summed E-state index contributed by atoms with van der Waals surface area (Å²) in [6.45, 7) is 12.3. The number of carbonyl (C=O) groups excluding carboxylic acids is 12. The lowest BCUT2D eigenvalue weighted by atomic mass is 9.83. The average molecular weight is 1540 g/mol. The molecule has 5 fully saturated rings. The minimum Gasteiger partial charge on any atom is -0.343 e. The van der Waals surface area contributed by atoms with E-state index in [-0.39, 0.29) is 86.3 Å². The fourth-order valence-electron chi connectivity index (χ4n) is 14.9. The van der Waals surface area contributed by atoms with E-state index in [1.54, 1.807) is 11.8 Å². The molecule has 0 aromatic heterocycles. The van der Waals surface area contributed by atoms with Gasteiger partial charge in [-0.3, -0.25) is 57.5 Å². The van der Waals surface area contributed by atoms with Gasteiger partial charge in [0.05, 0.1) is 26.1 Å². The number of likely N-dealkylation sites (N-methyl/N-ethyl adjacent to an activating group) is 7. The number of carbonyl (C=O) groups is 12. The molecule has 24 nitrogen and oxygen atoms in total. The van der Waals surface area contributed by atoms with Crippen molar-refractivity contribution in [2.75, 3.05) is 82.1 Å². The van der Waals surface area contributed by atoms with Crippen molar-refractivity contribution in [3.63, 3.8) is 0 Å². The first kappa shape index (κ1) is 85.2. The molecule has 12 amide bonds. The van der Waals surface area contributed by atoms with Crippen LogP contribution in [0.25, 0.3) is 0 Å². The number of nitrogens with one attached hydrogen (secondary N) is 4. The van der Waals surface area contributed by atoms with Gasteiger partial charge in [-0.25, -0.2) is 4.39 Å². The number of alkyl halides is 3. The maximum Gasteiger partial charge on any atom is 0.245 e. The van der Waals surface area contributed by atoms with Crippen LogP contribution in [0.5, 0.6) is 0 Å². The van der Waals surface area contributed by atoms with Gasteiger partial charge in [0.15, 0.2) is 0 Å². The van der Waals surface area contributed by atoms with Crippen molar-refractivity contribution in [1.82, 2.24) is 60.5 Å². The van der Waals surface area contributed by atoms with Gasteiger partial charge in [-0.1, -0.05) is 103 Å². The van der Waals surface area contributed by atoms with Gasteiger partial charge in [0, 0.05) is 71.7 Å². The Morgan fingerprint density at radius 3 is 1.66 bits per heavy atom. The Kier molecular flexibility index (Phi) is 35.1. The molecule has 0 radical (unpaired) electrons. The number of piperidine rings is 1. The van der Waals surface area contributed by atoms with E-state index in [9.17, 15) is 38.0 Å². The topological polar surface area (TPSA) is 279 Å². The van der Waals surface area contributed by atoms with Crippen LogP contribution in [0.2, 0.25) is 0 Å². The summed E-state index contributed by atoms with van der Waals surface area (Å²) >= 11 is 8.94. The highest BCUT2D eigenvalue weighted by Gasteiger charge is 2.44. The molecule has 2 heterocycles. The molecule has 2 unspecified atom stereocenters. The minimum absolute atomic E-state index is 0.0131.